The molecule has 1 aromatic rings. The summed E-state index contributed by atoms with van der Waals surface area (Å²) in [6.45, 7) is 2.14. The van der Waals surface area contributed by atoms with Gasteiger partial charge in [-0.25, -0.2) is 13.2 Å². The summed E-state index contributed by atoms with van der Waals surface area (Å²) in [7, 11) is 0. The van der Waals surface area contributed by atoms with E-state index in [1.807, 2.05) is 0 Å². The van der Waals surface area contributed by atoms with E-state index in [4.69, 9.17) is 0 Å². The highest BCUT2D eigenvalue weighted by molar-refractivity contribution is 5.25. The van der Waals surface area contributed by atoms with Gasteiger partial charge in [0.2, 0.25) is 0 Å². The first-order valence-electron chi connectivity index (χ1n) is 8.52. The maximum atomic E-state index is 13.9. The number of rotatable bonds is 7. The molecular formula is C18H23F5O. The molecule has 0 bridgehead atoms. The SMILES string of the molecule is CCCC1CCC(CCC(F)(F)Oc2cc(F)c(F)c(F)c2)CC1. The van der Waals surface area contributed by atoms with Crippen molar-refractivity contribution >= 4 is 0 Å². The first kappa shape index (κ1) is 19.0. The lowest BCUT2D eigenvalue weighted by Gasteiger charge is -2.29. The zero-order valence-electron chi connectivity index (χ0n) is 13.8. The van der Waals surface area contributed by atoms with Gasteiger partial charge in [-0.1, -0.05) is 45.4 Å². The molecule has 0 aromatic heterocycles. The number of hydrogen-bond donors (Lipinski definition) is 0. The first-order chi connectivity index (χ1) is 11.3. The fourth-order valence-corrected chi connectivity index (χ4v) is 3.40. The molecule has 0 aliphatic heterocycles. The molecule has 1 aromatic carbocycles. The standard InChI is InChI=1S/C18H23F5O/c1-2-3-12-4-6-13(7-5-12)8-9-18(22,23)24-14-10-15(19)17(21)16(20)11-14/h10-13H,2-9H2,1H3. The highest BCUT2D eigenvalue weighted by atomic mass is 19.3. The van der Waals surface area contributed by atoms with Crippen LogP contribution in [0, 0.1) is 29.3 Å². The predicted molar refractivity (Wildman–Crippen MR) is 81.5 cm³/mol. The Bertz CT molecular complexity index is 515. The van der Waals surface area contributed by atoms with Crippen molar-refractivity contribution in [1.82, 2.24) is 0 Å². The van der Waals surface area contributed by atoms with Crippen LogP contribution in [-0.2, 0) is 0 Å². The summed E-state index contributed by atoms with van der Waals surface area (Å²) >= 11 is 0. The van der Waals surface area contributed by atoms with Crippen molar-refractivity contribution in [2.75, 3.05) is 0 Å². The van der Waals surface area contributed by atoms with Gasteiger partial charge in [-0.3, -0.25) is 0 Å². The first-order valence-corrected chi connectivity index (χ1v) is 8.52. The topological polar surface area (TPSA) is 9.23 Å². The van der Waals surface area contributed by atoms with E-state index < -0.39 is 35.7 Å². The molecule has 0 radical (unpaired) electrons. The quantitative estimate of drug-likeness (QED) is 0.405. The van der Waals surface area contributed by atoms with Gasteiger partial charge in [0, 0.05) is 12.1 Å². The van der Waals surface area contributed by atoms with Crippen molar-refractivity contribution in [1.29, 1.82) is 0 Å². The van der Waals surface area contributed by atoms with Crippen LogP contribution < -0.4 is 4.74 Å². The minimum atomic E-state index is -3.53. The molecule has 0 heterocycles. The maximum Gasteiger partial charge on any atom is 0.397 e. The van der Waals surface area contributed by atoms with Crippen LogP contribution in [0.2, 0.25) is 0 Å². The minimum Gasteiger partial charge on any atom is -0.432 e. The second-order valence-electron chi connectivity index (χ2n) is 6.65. The largest absolute Gasteiger partial charge is 0.432 e. The number of benzene rings is 1. The molecule has 6 heteroatoms. The molecular weight excluding hydrogens is 327 g/mol. The van der Waals surface area contributed by atoms with Gasteiger partial charge in [-0.05, 0) is 18.3 Å². The van der Waals surface area contributed by atoms with Gasteiger partial charge in [-0.2, -0.15) is 8.78 Å². The summed E-state index contributed by atoms with van der Waals surface area (Å²) in [5, 5.41) is 0. The molecule has 0 amide bonds. The molecule has 0 spiro atoms. The smallest absolute Gasteiger partial charge is 0.397 e. The molecule has 0 saturated heterocycles. The lowest BCUT2D eigenvalue weighted by atomic mass is 9.78. The number of hydrogen-bond acceptors (Lipinski definition) is 1. The number of halogens is 5. The Labute approximate surface area is 139 Å². The van der Waals surface area contributed by atoms with E-state index in [1.165, 1.54) is 6.42 Å². The average Bonchev–Trinajstić information content (AvgIpc) is 2.52. The monoisotopic (exact) mass is 350 g/mol. The summed E-state index contributed by atoms with van der Waals surface area (Å²) in [5.41, 5.74) is 0. The fourth-order valence-electron chi connectivity index (χ4n) is 3.40. The average molecular weight is 350 g/mol. The lowest BCUT2D eigenvalue weighted by Crippen LogP contribution is -2.26. The number of alkyl halides is 2. The Kier molecular flexibility index (Phi) is 6.47. The lowest BCUT2D eigenvalue weighted by molar-refractivity contribution is -0.183. The molecule has 0 atom stereocenters. The van der Waals surface area contributed by atoms with E-state index in [2.05, 4.69) is 11.7 Å². The van der Waals surface area contributed by atoms with Crippen LogP contribution in [0.15, 0.2) is 12.1 Å². The van der Waals surface area contributed by atoms with Crippen molar-refractivity contribution in [2.24, 2.45) is 11.8 Å². The predicted octanol–water partition coefficient (Wildman–Crippen LogP) is 6.46. The van der Waals surface area contributed by atoms with Crippen LogP contribution in [0.5, 0.6) is 5.75 Å². The van der Waals surface area contributed by atoms with E-state index >= 15 is 0 Å². The summed E-state index contributed by atoms with van der Waals surface area (Å²) in [6.07, 6.45) is 2.59. The molecule has 1 fully saturated rings. The molecule has 136 valence electrons. The van der Waals surface area contributed by atoms with E-state index in [1.54, 1.807) is 0 Å². The molecule has 24 heavy (non-hydrogen) atoms. The molecule has 2 rings (SSSR count). The third-order valence-electron chi connectivity index (χ3n) is 4.73. The molecule has 1 nitrogen and oxygen atoms in total. The molecule has 1 aliphatic carbocycles. The van der Waals surface area contributed by atoms with E-state index in [-0.39, 0.29) is 5.92 Å². The van der Waals surface area contributed by atoms with Gasteiger partial charge in [-0.15, -0.1) is 0 Å². The number of ether oxygens (including phenoxy) is 1. The second-order valence-corrected chi connectivity index (χ2v) is 6.65. The zero-order chi connectivity index (χ0) is 17.7. The van der Waals surface area contributed by atoms with Gasteiger partial charge in [0.05, 0.1) is 6.42 Å². The van der Waals surface area contributed by atoms with Crippen LogP contribution >= 0.6 is 0 Å². The third kappa shape index (κ3) is 5.35. The van der Waals surface area contributed by atoms with Crippen molar-refractivity contribution in [3.8, 4) is 5.75 Å². The van der Waals surface area contributed by atoms with Gasteiger partial charge >= 0.3 is 6.11 Å². The van der Waals surface area contributed by atoms with Crippen LogP contribution in [0.4, 0.5) is 22.0 Å². The van der Waals surface area contributed by atoms with Crippen molar-refractivity contribution in [2.45, 2.75) is 64.4 Å². The molecule has 1 aliphatic rings. The summed E-state index contributed by atoms with van der Waals surface area (Å²) in [5.74, 6) is -4.56. The second kappa shape index (κ2) is 8.17. The Morgan fingerprint density at radius 3 is 1.96 bits per heavy atom. The summed E-state index contributed by atoms with van der Waals surface area (Å²) < 4.78 is 71.1. The van der Waals surface area contributed by atoms with E-state index in [0.717, 1.165) is 32.1 Å². The van der Waals surface area contributed by atoms with Crippen LogP contribution in [0.25, 0.3) is 0 Å². The van der Waals surface area contributed by atoms with Crippen LogP contribution in [0.3, 0.4) is 0 Å². The molecule has 0 unspecified atom stereocenters. The summed E-state index contributed by atoms with van der Waals surface area (Å²) in [6, 6.07) is 0.866. The van der Waals surface area contributed by atoms with Gasteiger partial charge in [0.25, 0.3) is 0 Å². The van der Waals surface area contributed by atoms with Crippen molar-refractivity contribution < 1.29 is 26.7 Å². The van der Waals surface area contributed by atoms with Gasteiger partial charge in [0.15, 0.2) is 17.5 Å². The normalized spacial score (nSPS) is 21.8. The van der Waals surface area contributed by atoms with Gasteiger partial charge < -0.3 is 4.74 Å². The Balaban J connectivity index is 1.84. The van der Waals surface area contributed by atoms with Crippen molar-refractivity contribution in [3.05, 3.63) is 29.6 Å². The Morgan fingerprint density at radius 2 is 1.46 bits per heavy atom. The zero-order valence-corrected chi connectivity index (χ0v) is 13.8. The fraction of sp³-hybridized carbons (Fsp3) is 0.667. The van der Waals surface area contributed by atoms with Gasteiger partial charge in [0.1, 0.15) is 5.75 Å². The third-order valence-corrected chi connectivity index (χ3v) is 4.73. The highest BCUT2D eigenvalue weighted by Crippen LogP contribution is 2.36. The maximum absolute atomic E-state index is 13.9. The van der Waals surface area contributed by atoms with Crippen LogP contribution in [-0.4, -0.2) is 6.11 Å². The van der Waals surface area contributed by atoms with E-state index in [9.17, 15) is 22.0 Å². The minimum absolute atomic E-state index is 0.231. The Hall–Kier alpha value is -1.33. The van der Waals surface area contributed by atoms with E-state index in [0.29, 0.717) is 24.5 Å². The highest BCUT2D eigenvalue weighted by Gasteiger charge is 2.34. The van der Waals surface area contributed by atoms with Crippen LogP contribution in [0.1, 0.15) is 58.3 Å². The molecule has 1 saturated carbocycles. The molecule has 0 N–H and O–H groups in total. The summed E-state index contributed by atoms with van der Waals surface area (Å²) in [4.78, 5) is 0. The van der Waals surface area contributed by atoms with Crippen molar-refractivity contribution in [3.63, 3.8) is 0 Å². The Morgan fingerprint density at radius 1 is 0.958 bits per heavy atom.